The van der Waals surface area contributed by atoms with Crippen molar-refractivity contribution in [2.24, 2.45) is 5.92 Å². The van der Waals surface area contributed by atoms with Crippen molar-refractivity contribution in [3.63, 3.8) is 0 Å². The highest BCUT2D eigenvalue weighted by molar-refractivity contribution is 7.92. The Kier molecular flexibility index (Phi) is 4.73. The van der Waals surface area contributed by atoms with Crippen LogP contribution in [0.3, 0.4) is 0 Å². The molecule has 0 unspecified atom stereocenters. The van der Waals surface area contributed by atoms with Gasteiger partial charge in [0.25, 0.3) is 5.91 Å². The van der Waals surface area contributed by atoms with E-state index < -0.39 is 21.9 Å². The maximum Gasteiger partial charge on any atom is 0.306 e. The van der Waals surface area contributed by atoms with E-state index in [1.54, 1.807) is 18.2 Å². The molecular weight excluding hydrogens is 344 g/mol. The van der Waals surface area contributed by atoms with E-state index in [9.17, 15) is 18.0 Å². The number of carbonyl (C=O) groups excluding carboxylic acids is 1. The summed E-state index contributed by atoms with van der Waals surface area (Å²) in [4.78, 5) is 23.5. The minimum atomic E-state index is -3.33. The first-order chi connectivity index (χ1) is 11.8. The van der Waals surface area contributed by atoms with Crippen molar-refractivity contribution in [2.75, 3.05) is 17.1 Å². The average Bonchev–Trinajstić information content (AvgIpc) is 3.01. The number of fused-ring (bicyclic) bond motifs is 1. The van der Waals surface area contributed by atoms with Gasteiger partial charge in [0.05, 0.1) is 17.9 Å². The number of hydrogen-bond donors (Lipinski definition) is 2. The van der Waals surface area contributed by atoms with Crippen LogP contribution in [0.5, 0.6) is 0 Å². The minimum absolute atomic E-state index is 0.128. The number of rotatable bonds is 4. The number of nitrogens with zero attached hydrogens (tertiary/aromatic N) is 1. The van der Waals surface area contributed by atoms with Crippen molar-refractivity contribution < 1.29 is 23.1 Å². The highest BCUT2D eigenvalue weighted by Crippen LogP contribution is 2.30. The van der Waals surface area contributed by atoms with E-state index in [4.69, 9.17) is 5.11 Å². The molecule has 2 atom stereocenters. The molecule has 1 aromatic carbocycles. The van der Waals surface area contributed by atoms with Crippen molar-refractivity contribution in [3.05, 3.63) is 29.3 Å². The molecule has 0 bridgehead atoms. The lowest BCUT2D eigenvalue weighted by atomic mass is 10.0. The number of nitrogens with one attached hydrogen (secondary N) is 1. The summed E-state index contributed by atoms with van der Waals surface area (Å²) in [6.45, 7) is 0.454. The number of carbonyl (C=O) groups is 2. The van der Waals surface area contributed by atoms with Crippen LogP contribution in [0.1, 0.15) is 41.6 Å². The third-order valence-corrected chi connectivity index (χ3v) is 6.12. The average molecular weight is 366 g/mol. The number of hydrogen-bond acceptors (Lipinski definition) is 4. The maximum atomic E-state index is 12.5. The van der Waals surface area contributed by atoms with Gasteiger partial charge in [0.1, 0.15) is 0 Å². The van der Waals surface area contributed by atoms with E-state index in [-0.39, 0.29) is 11.9 Å². The number of carboxylic acid groups (broad SMARTS) is 1. The molecule has 0 saturated heterocycles. The summed E-state index contributed by atoms with van der Waals surface area (Å²) in [5, 5.41) is 11.9. The highest BCUT2D eigenvalue weighted by Gasteiger charge is 2.31. The lowest BCUT2D eigenvalue weighted by Gasteiger charge is -2.29. The van der Waals surface area contributed by atoms with Gasteiger partial charge in [-0.3, -0.25) is 13.9 Å². The predicted molar refractivity (Wildman–Crippen MR) is 93.2 cm³/mol. The maximum absolute atomic E-state index is 12.5. The lowest BCUT2D eigenvalue weighted by molar-refractivity contribution is -0.141. The molecule has 1 aliphatic carbocycles. The largest absolute Gasteiger partial charge is 0.481 e. The van der Waals surface area contributed by atoms with Gasteiger partial charge < -0.3 is 10.4 Å². The molecular formula is C17H22N2O5S. The molecule has 1 aliphatic heterocycles. The number of benzene rings is 1. The Labute approximate surface area is 147 Å². The van der Waals surface area contributed by atoms with Crippen LogP contribution in [-0.2, 0) is 21.2 Å². The third-order valence-electron chi connectivity index (χ3n) is 4.94. The second-order valence-electron chi connectivity index (χ2n) is 6.80. The van der Waals surface area contributed by atoms with Gasteiger partial charge in [-0.2, -0.15) is 0 Å². The second-order valence-corrected chi connectivity index (χ2v) is 8.71. The zero-order chi connectivity index (χ0) is 18.2. The Morgan fingerprint density at radius 3 is 2.68 bits per heavy atom. The first kappa shape index (κ1) is 17.7. The standard InChI is InChI=1S/C17H22N2O5S/c1-25(23,24)19-8-2-3-11-9-12(5-7-15(11)19)16(20)18-14-6-4-13(10-14)17(21)22/h5,7,9,13-14H,2-4,6,8,10H2,1H3,(H,18,20)(H,21,22)/t13-,14+/m0/s1. The molecule has 136 valence electrons. The van der Waals surface area contributed by atoms with Gasteiger partial charge >= 0.3 is 5.97 Å². The Morgan fingerprint density at radius 1 is 1.28 bits per heavy atom. The molecule has 2 aliphatic rings. The zero-order valence-corrected chi connectivity index (χ0v) is 14.9. The van der Waals surface area contributed by atoms with Crippen LogP contribution in [-0.4, -0.2) is 44.2 Å². The van der Waals surface area contributed by atoms with Crippen LogP contribution in [0.2, 0.25) is 0 Å². The second kappa shape index (κ2) is 6.67. The number of aryl methyl sites for hydroxylation is 1. The van der Waals surface area contributed by atoms with E-state index >= 15 is 0 Å². The summed E-state index contributed by atoms with van der Waals surface area (Å²) in [5.41, 5.74) is 1.96. The summed E-state index contributed by atoms with van der Waals surface area (Å²) in [6.07, 6.45) is 4.32. The normalized spacial score (nSPS) is 23.2. The first-order valence-electron chi connectivity index (χ1n) is 8.40. The summed E-state index contributed by atoms with van der Waals surface area (Å²) >= 11 is 0. The fraction of sp³-hybridized carbons (Fsp3) is 0.529. The van der Waals surface area contributed by atoms with Crippen LogP contribution >= 0.6 is 0 Å². The Hall–Kier alpha value is -2.09. The molecule has 7 nitrogen and oxygen atoms in total. The molecule has 0 aromatic heterocycles. The molecule has 0 spiro atoms. The van der Waals surface area contributed by atoms with Gasteiger partial charge in [0, 0.05) is 18.2 Å². The summed E-state index contributed by atoms with van der Waals surface area (Å²) in [7, 11) is -3.33. The van der Waals surface area contributed by atoms with Crippen molar-refractivity contribution >= 4 is 27.6 Å². The topological polar surface area (TPSA) is 104 Å². The van der Waals surface area contributed by atoms with Crippen LogP contribution in [0.15, 0.2) is 18.2 Å². The number of anilines is 1. The number of sulfonamides is 1. The molecule has 1 saturated carbocycles. The Balaban J connectivity index is 1.74. The molecule has 3 rings (SSSR count). The van der Waals surface area contributed by atoms with Gasteiger partial charge in [0.15, 0.2) is 0 Å². The van der Waals surface area contributed by atoms with Crippen molar-refractivity contribution in [2.45, 2.75) is 38.1 Å². The molecule has 8 heteroatoms. The quantitative estimate of drug-likeness (QED) is 0.838. The highest BCUT2D eigenvalue weighted by atomic mass is 32.2. The number of aliphatic carboxylic acids is 1. The van der Waals surface area contributed by atoms with Gasteiger partial charge in [-0.05, 0) is 55.9 Å². The van der Waals surface area contributed by atoms with Crippen molar-refractivity contribution in [3.8, 4) is 0 Å². The van der Waals surface area contributed by atoms with E-state index in [0.29, 0.717) is 43.5 Å². The number of carboxylic acids is 1. The summed E-state index contributed by atoms with van der Waals surface area (Å²) in [6, 6.07) is 4.92. The molecule has 0 radical (unpaired) electrons. The fourth-order valence-electron chi connectivity index (χ4n) is 3.65. The summed E-state index contributed by atoms with van der Waals surface area (Å²) < 4.78 is 25.1. The SMILES string of the molecule is CS(=O)(=O)N1CCCc2cc(C(=O)N[C@@H]3CC[C@H](C(=O)O)C3)ccc21. The van der Waals surface area contributed by atoms with E-state index in [2.05, 4.69) is 5.32 Å². The lowest BCUT2D eigenvalue weighted by Crippen LogP contribution is -2.35. The van der Waals surface area contributed by atoms with E-state index in [0.717, 1.165) is 12.0 Å². The van der Waals surface area contributed by atoms with Gasteiger partial charge in [-0.15, -0.1) is 0 Å². The molecule has 2 N–H and O–H groups in total. The molecule has 1 heterocycles. The van der Waals surface area contributed by atoms with E-state index in [1.165, 1.54) is 10.6 Å². The third kappa shape index (κ3) is 3.78. The van der Waals surface area contributed by atoms with Gasteiger partial charge in [0.2, 0.25) is 10.0 Å². The number of amides is 1. The van der Waals surface area contributed by atoms with Crippen LogP contribution in [0.4, 0.5) is 5.69 Å². The molecule has 1 fully saturated rings. The minimum Gasteiger partial charge on any atom is -0.481 e. The van der Waals surface area contributed by atoms with Gasteiger partial charge in [-0.1, -0.05) is 0 Å². The monoisotopic (exact) mass is 366 g/mol. The van der Waals surface area contributed by atoms with Crippen molar-refractivity contribution in [1.29, 1.82) is 0 Å². The zero-order valence-electron chi connectivity index (χ0n) is 14.1. The first-order valence-corrected chi connectivity index (χ1v) is 10.2. The van der Waals surface area contributed by atoms with Crippen molar-refractivity contribution in [1.82, 2.24) is 5.32 Å². The fourth-order valence-corrected chi connectivity index (χ4v) is 4.65. The predicted octanol–water partition coefficient (Wildman–Crippen LogP) is 1.38. The van der Waals surface area contributed by atoms with Crippen LogP contribution < -0.4 is 9.62 Å². The van der Waals surface area contributed by atoms with Crippen LogP contribution in [0.25, 0.3) is 0 Å². The Bertz CT molecular complexity index is 805. The van der Waals surface area contributed by atoms with Crippen LogP contribution in [0, 0.1) is 5.92 Å². The Morgan fingerprint density at radius 2 is 2.04 bits per heavy atom. The van der Waals surface area contributed by atoms with E-state index in [1.807, 2.05) is 0 Å². The molecule has 1 aromatic rings. The smallest absolute Gasteiger partial charge is 0.306 e. The summed E-state index contributed by atoms with van der Waals surface area (Å²) in [5.74, 6) is -1.45. The van der Waals surface area contributed by atoms with Gasteiger partial charge in [-0.25, -0.2) is 8.42 Å². The molecule has 1 amide bonds. The molecule has 25 heavy (non-hydrogen) atoms.